The highest BCUT2D eigenvalue weighted by atomic mass is 32.2. The fraction of sp³-hybridized carbons (Fsp3) is 0.533. The van der Waals surface area contributed by atoms with Gasteiger partial charge < -0.3 is 10.2 Å². The highest BCUT2D eigenvalue weighted by Gasteiger charge is 2.31. The monoisotopic (exact) mass is 278 g/mol. The average Bonchev–Trinajstić information content (AvgIpc) is 2.93. The van der Waals surface area contributed by atoms with Crippen molar-refractivity contribution in [2.75, 3.05) is 13.3 Å². The van der Waals surface area contributed by atoms with Gasteiger partial charge >= 0.3 is 6.03 Å². The molecule has 0 radical (unpaired) electrons. The van der Waals surface area contributed by atoms with Crippen molar-refractivity contribution in [1.82, 2.24) is 10.2 Å². The summed E-state index contributed by atoms with van der Waals surface area (Å²) in [5.74, 6) is 0. The van der Waals surface area contributed by atoms with Crippen molar-refractivity contribution in [2.45, 2.75) is 37.1 Å². The van der Waals surface area contributed by atoms with Crippen molar-refractivity contribution < 1.29 is 4.79 Å². The lowest BCUT2D eigenvalue weighted by molar-refractivity contribution is 0.191. The molecule has 1 aromatic carbocycles. The Hall–Kier alpha value is -1.16. The standard InChI is InChI=1S/C15H22N2OS/c1-17(13-9-6-10-14(13)19-2)15(18)16-11-12-7-4-3-5-8-12/h3-5,7-8,13-14H,6,9-11H2,1-2H3,(H,16,18)/t13-,14-/m0/s1. The molecule has 104 valence electrons. The Bertz CT molecular complexity index is 410. The van der Waals surface area contributed by atoms with Crippen molar-refractivity contribution in [2.24, 2.45) is 0 Å². The third-order valence-corrected chi connectivity index (χ3v) is 4.98. The average molecular weight is 278 g/mol. The number of nitrogens with zero attached hydrogens (tertiary/aromatic N) is 1. The van der Waals surface area contributed by atoms with Gasteiger partial charge in [-0.15, -0.1) is 0 Å². The first-order chi connectivity index (χ1) is 9.22. The van der Waals surface area contributed by atoms with E-state index in [1.54, 1.807) is 0 Å². The maximum absolute atomic E-state index is 12.2. The molecule has 0 bridgehead atoms. The second-order valence-corrected chi connectivity index (χ2v) is 6.10. The molecular weight excluding hydrogens is 256 g/mol. The summed E-state index contributed by atoms with van der Waals surface area (Å²) in [6.07, 6.45) is 5.72. The van der Waals surface area contributed by atoms with E-state index in [0.717, 1.165) is 12.0 Å². The molecule has 2 rings (SSSR count). The largest absolute Gasteiger partial charge is 0.334 e. The summed E-state index contributed by atoms with van der Waals surface area (Å²) in [4.78, 5) is 14.1. The molecule has 0 unspecified atom stereocenters. The van der Waals surface area contributed by atoms with Gasteiger partial charge in [-0.05, 0) is 24.7 Å². The lowest BCUT2D eigenvalue weighted by atomic mass is 10.2. The molecule has 1 fully saturated rings. The van der Waals surface area contributed by atoms with Crippen LogP contribution < -0.4 is 5.32 Å². The molecule has 3 nitrogen and oxygen atoms in total. The molecule has 1 saturated carbocycles. The minimum Gasteiger partial charge on any atom is -0.334 e. The van der Waals surface area contributed by atoms with E-state index in [-0.39, 0.29) is 6.03 Å². The van der Waals surface area contributed by atoms with E-state index in [0.29, 0.717) is 17.8 Å². The molecule has 2 amide bonds. The number of carbonyl (C=O) groups excluding carboxylic acids is 1. The molecule has 1 N–H and O–H groups in total. The predicted octanol–water partition coefficient (Wildman–Crippen LogP) is 3.11. The molecule has 19 heavy (non-hydrogen) atoms. The van der Waals surface area contributed by atoms with E-state index >= 15 is 0 Å². The van der Waals surface area contributed by atoms with E-state index in [2.05, 4.69) is 11.6 Å². The van der Waals surface area contributed by atoms with Gasteiger partial charge in [0.15, 0.2) is 0 Å². The van der Waals surface area contributed by atoms with Crippen LogP contribution in [0.1, 0.15) is 24.8 Å². The van der Waals surface area contributed by atoms with Gasteiger partial charge in [0, 0.05) is 24.9 Å². The molecule has 2 atom stereocenters. The number of nitrogens with one attached hydrogen (secondary N) is 1. The Kier molecular flexibility index (Phi) is 5.14. The topological polar surface area (TPSA) is 32.3 Å². The molecule has 0 aromatic heterocycles. The van der Waals surface area contributed by atoms with Crippen molar-refractivity contribution >= 4 is 17.8 Å². The summed E-state index contributed by atoms with van der Waals surface area (Å²) < 4.78 is 0. The number of benzene rings is 1. The Balaban J connectivity index is 1.85. The summed E-state index contributed by atoms with van der Waals surface area (Å²) >= 11 is 1.88. The Morgan fingerprint density at radius 3 is 2.79 bits per heavy atom. The first-order valence-electron chi connectivity index (χ1n) is 6.79. The molecule has 4 heteroatoms. The highest BCUT2D eigenvalue weighted by Crippen LogP contribution is 2.31. The Labute approximate surface area is 119 Å². The number of hydrogen-bond donors (Lipinski definition) is 1. The molecule has 0 aliphatic heterocycles. The zero-order chi connectivity index (χ0) is 13.7. The maximum Gasteiger partial charge on any atom is 0.317 e. The molecule has 0 saturated heterocycles. The lowest BCUT2D eigenvalue weighted by Gasteiger charge is -2.29. The quantitative estimate of drug-likeness (QED) is 0.918. The molecule has 1 aliphatic carbocycles. The summed E-state index contributed by atoms with van der Waals surface area (Å²) in [5, 5.41) is 3.59. The van der Waals surface area contributed by atoms with Gasteiger partial charge in [0.25, 0.3) is 0 Å². The zero-order valence-electron chi connectivity index (χ0n) is 11.6. The van der Waals surface area contributed by atoms with Gasteiger partial charge in [-0.3, -0.25) is 0 Å². The number of thioether (sulfide) groups is 1. The fourth-order valence-electron chi connectivity index (χ4n) is 2.67. The third-order valence-electron chi connectivity index (χ3n) is 3.82. The normalized spacial score (nSPS) is 22.2. The van der Waals surface area contributed by atoms with Crippen LogP contribution in [-0.2, 0) is 6.54 Å². The number of urea groups is 1. The molecule has 1 aromatic rings. The number of rotatable bonds is 4. The fourth-order valence-corrected chi connectivity index (χ4v) is 3.71. The zero-order valence-corrected chi connectivity index (χ0v) is 12.5. The van der Waals surface area contributed by atoms with Crippen LogP contribution in [0.2, 0.25) is 0 Å². The second-order valence-electron chi connectivity index (χ2n) is 5.03. The van der Waals surface area contributed by atoms with Crippen LogP contribution in [-0.4, -0.2) is 35.5 Å². The molecule has 0 spiro atoms. The first kappa shape index (κ1) is 14.3. The van der Waals surface area contributed by atoms with Crippen LogP contribution in [0.3, 0.4) is 0 Å². The van der Waals surface area contributed by atoms with E-state index in [9.17, 15) is 4.79 Å². The van der Waals surface area contributed by atoms with Gasteiger partial charge in [-0.1, -0.05) is 36.8 Å². The van der Waals surface area contributed by atoms with Crippen molar-refractivity contribution in [1.29, 1.82) is 0 Å². The maximum atomic E-state index is 12.2. The summed E-state index contributed by atoms with van der Waals surface area (Å²) in [7, 11) is 1.92. The minimum absolute atomic E-state index is 0.0369. The van der Waals surface area contributed by atoms with Gasteiger partial charge in [-0.25, -0.2) is 4.79 Å². The Morgan fingerprint density at radius 2 is 2.11 bits per heavy atom. The number of hydrogen-bond acceptors (Lipinski definition) is 2. The van der Waals surface area contributed by atoms with Crippen LogP contribution in [0.15, 0.2) is 30.3 Å². The van der Waals surface area contributed by atoms with Gasteiger partial charge in [0.1, 0.15) is 0 Å². The highest BCUT2D eigenvalue weighted by molar-refractivity contribution is 7.99. The first-order valence-corrected chi connectivity index (χ1v) is 8.08. The van der Waals surface area contributed by atoms with E-state index in [4.69, 9.17) is 0 Å². The van der Waals surface area contributed by atoms with Crippen molar-refractivity contribution in [3.8, 4) is 0 Å². The van der Waals surface area contributed by atoms with Gasteiger partial charge in [0.2, 0.25) is 0 Å². The number of amides is 2. The summed E-state index contributed by atoms with van der Waals surface area (Å²) in [6.45, 7) is 0.598. The van der Waals surface area contributed by atoms with Crippen molar-refractivity contribution in [3.05, 3.63) is 35.9 Å². The van der Waals surface area contributed by atoms with Crippen LogP contribution in [0, 0.1) is 0 Å². The lowest BCUT2D eigenvalue weighted by Crippen LogP contribution is -2.45. The van der Waals surface area contributed by atoms with E-state index < -0.39 is 0 Å². The summed E-state index contributed by atoms with van der Waals surface area (Å²) in [5.41, 5.74) is 1.14. The van der Waals surface area contributed by atoms with Gasteiger partial charge in [0.05, 0.1) is 0 Å². The minimum atomic E-state index is 0.0369. The SMILES string of the molecule is CS[C@H]1CCC[C@@H]1N(C)C(=O)NCc1ccccc1. The van der Waals surface area contributed by atoms with Crippen LogP contribution in [0.5, 0.6) is 0 Å². The number of carbonyl (C=O) groups is 1. The van der Waals surface area contributed by atoms with Gasteiger partial charge in [-0.2, -0.15) is 11.8 Å². The second kappa shape index (κ2) is 6.85. The van der Waals surface area contributed by atoms with Crippen LogP contribution >= 0.6 is 11.8 Å². The van der Waals surface area contributed by atoms with E-state index in [1.807, 2.05) is 54.0 Å². The predicted molar refractivity (Wildman–Crippen MR) is 81.4 cm³/mol. The van der Waals surface area contributed by atoms with Crippen LogP contribution in [0.4, 0.5) is 4.79 Å². The smallest absolute Gasteiger partial charge is 0.317 e. The molecule has 1 aliphatic rings. The molecular formula is C15H22N2OS. The summed E-state index contributed by atoms with van der Waals surface area (Å²) in [6, 6.07) is 10.4. The third kappa shape index (κ3) is 3.66. The van der Waals surface area contributed by atoms with E-state index in [1.165, 1.54) is 12.8 Å². The Morgan fingerprint density at radius 1 is 1.37 bits per heavy atom. The van der Waals surface area contributed by atoms with Crippen LogP contribution in [0.25, 0.3) is 0 Å². The van der Waals surface area contributed by atoms with Crippen molar-refractivity contribution in [3.63, 3.8) is 0 Å². The molecule has 0 heterocycles.